The van der Waals surface area contributed by atoms with Crippen LogP contribution in [0.15, 0.2) is 30.3 Å². The van der Waals surface area contributed by atoms with Crippen molar-refractivity contribution in [3.05, 3.63) is 35.9 Å². The first kappa shape index (κ1) is 15.2. The molecule has 0 aliphatic rings. The molecular formula is C8H14N2O3S. The minimum Gasteiger partial charge on any atom is -0.307 e. The van der Waals surface area contributed by atoms with E-state index in [4.69, 9.17) is 4.79 Å². The van der Waals surface area contributed by atoms with E-state index in [1.807, 2.05) is 25.0 Å². The number of hydrogen-bond donors (Lipinski definition) is 2. The molecule has 5 nitrogen and oxygen atoms in total. The Kier molecular flexibility index (Phi) is 9.10. The average Bonchev–Trinajstić information content (AvgIpc) is 2.06. The quantitative estimate of drug-likeness (QED) is 0.638. The van der Waals surface area contributed by atoms with E-state index in [2.05, 4.69) is 29.3 Å². The molecule has 0 spiro atoms. The highest BCUT2D eigenvalue weighted by Gasteiger charge is 1.78. The molecule has 0 bridgehead atoms. The van der Waals surface area contributed by atoms with Gasteiger partial charge in [-0.25, -0.2) is 10.3 Å². The van der Waals surface area contributed by atoms with Gasteiger partial charge in [0, 0.05) is 0 Å². The van der Waals surface area contributed by atoms with Gasteiger partial charge in [-0.1, -0.05) is 35.9 Å². The van der Waals surface area contributed by atoms with E-state index in [0.29, 0.717) is 0 Å². The number of aryl methyl sites for hydroxylation is 1. The van der Waals surface area contributed by atoms with Crippen molar-refractivity contribution in [1.29, 1.82) is 0 Å². The molecule has 14 heavy (non-hydrogen) atoms. The fourth-order valence-electron chi connectivity index (χ4n) is 0.534. The van der Waals surface area contributed by atoms with Crippen molar-refractivity contribution in [2.24, 2.45) is 10.3 Å². The van der Waals surface area contributed by atoms with E-state index < -0.39 is 10.2 Å². The van der Waals surface area contributed by atoms with Crippen LogP contribution in [0, 0.1) is 6.92 Å². The van der Waals surface area contributed by atoms with E-state index >= 15 is 0 Å². The van der Waals surface area contributed by atoms with Gasteiger partial charge in [0.25, 0.3) is 10.2 Å². The molecule has 1 aromatic rings. The highest BCUT2D eigenvalue weighted by molar-refractivity contribution is 7.86. The van der Waals surface area contributed by atoms with Crippen LogP contribution in [-0.4, -0.2) is 15.2 Å². The van der Waals surface area contributed by atoms with Crippen LogP contribution in [0.2, 0.25) is 0 Å². The second kappa shape index (κ2) is 8.36. The van der Waals surface area contributed by atoms with Crippen molar-refractivity contribution in [1.82, 2.24) is 0 Å². The standard InChI is InChI=1S/C7H8.CH2O.H4N2O2S/c1-7-5-3-2-4-6-7;1-2;1-5(2,3)4/h2-6H,1H3;1H2;(H4,1,2,3,4). The maximum atomic E-state index is 9.19. The Morgan fingerprint density at radius 1 is 1.07 bits per heavy atom. The lowest BCUT2D eigenvalue weighted by Crippen LogP contribution is -2.21. The van der Waals surface area contributed by atoms with Crippen molar-refractivity contribution >= 4 is 17.0 Å². The van der Waals surface area contributed by atoms with Crippen molar-refractivity contribution in [2.75, 3.05) is 0 Å². The molecule has 0 radical (unpaired) electrons. The van der Waals surface area contributed by atoms with Crippen LogP contribution in [0.5, 0.6) is 0 Å². The number of benzene rings is 1. The Balaban J connectivity index is 0. The predicted molar refractivity (Wildman–Crippen MR) is 55.6 cm³/mol. The third-order valence-electron chi connectivity index (χ3n) is 0.940. The topological polar surface area (TPSA) is 103 Å². The molecule has 0 fully saturated rings. The predicted octanol–water partition coefficient (Wildman–Crippen LogP) is -0.0413. The average molecular weight is 218 g/mol. The van der Waals surface area contributed by atoms with Gasteiger partial charge in [0.1, 0.15) is 6.79 Å². The molecule has 1 aromatic carbocycles. The summed E-state index contributed by atoms with van der Waals surface area (Å²) in [6.07, 6.45) is 0. The summed E-state index contributed by atoms with van der Waals surface area (Å²) in [4.78, 5) is 8.00. The van der Waals surface area contributed by atoms with Gasteiger partial charge in [0.05, 0.1) is 0 Å². The molecule has 0 unspecified atom stereocenters. The molecule has 80 valence electrons. The first-order valence-corrected chi connectivity index (χ1v) is 5.11. The van der Waals surface area contributed by atoms with Gasteiger partial charge in [-0.05, 0) is 6.92 Å². The normalized spacial score (nSPS) is 8.79. The van der Waals surface area contributed by atoms with Crippen LogP contribution in [0.25, 0.3) is 0 Å². The minimum atomic E-state index is -3.67. The summed E-state index contributed by atoms with van der Waals surface area (Å²) in [6, 6.07) is 10.3. The maximum absolute atomic E-state index is 9.19. The lowest BCUT2D eigenvalue weighted by molar-refractivity contribution is -0.0979. The molecule has 0 saturated heterocycles. The second-order valence-corrected chi connectivity index (χ2v) is 3.42. The van der Waals surface area contributed by atoms with Gasteiger partial charge in [-0.15, -0.1) is 0 Å². The van der Waals surface area contributed by atoms with Crippen molar-refractivity contribution < 1.29 is 13.2 Å². The minimum absolute atomic E-state index is 1.32. The van der Waals surface area contributed by atoms with Gasteiger partial charge >= 0.3 is 0 Å². The summed E-state index contributed by atoms with van der Waals surface area (Å²) < 4.78 is 18.4. The fourth-order valence-corrected chi connectivity index (χ4v) is 0.534. The zero-order valence-corrected chi connectivity index (χ0v) is 8.70. The van der Waals surface area contributed by atoms with Crippen LogP contribution in [0.3, 0.4) is 0 Å². The monoisotopic (exact) mass is 218 g/mol. The van der Waals surface area contributed by atoms with Gasteiger partial charge < -0.3 is 4.79 Å². The van der Waals surface area contributed by atoms with Crippen LogP contribution < -0.4 is 10.3 Å². The molecule has 6 heteroatoms. The zero-order chi connectivity index (χ0) is 11.6. The van der Waals surface area contributed by atoms with Gasteiger partial charge in [-0.2, -0.15) is 8.42 Å². The van der Waals surface area contributed by atoms with Crippen LogP contribution in [0.4, 0.5) is 0 Å². The number of carbonyl (C=O) groups excluding carboxylic acids is 1. The smallest absolute Gasteiger partial charge is 0.271 e. The third kappa shape index (κ3) is 22.4. The van der Waals surface area contributed by atoms with Crippen molar-refractivity contribution in [3.8, 4) is 0 Å². The third-order valence-corrected chi connectivity index (χ3v) is 0.940. The molecule has 0 aliphatic heterocycles. The van der Waals surface area contributed by atoms with Gasteiger partial charge in [-0.3, -0.25) is 0 Å². The van der Waals surface area contributed by atoms with Gasteiger partial charge in [0.2, 0.25) is 0 Å². The zero-order valence-electron chi connectivity index (χ0n) is 7.88. The van der Waals surface area contributed by atoms with Gasteiger partial charge in [0.15, 0.2) is 0 Å². The number of carbonyl (C=O) groups is 1. The molecule has 0 heterocycles. The first-order valence-electron chi connectivity index (χ1n) is 3.50. The summed E-state index contributed by atoms with van der Waals surface area (Å²) in [6.45, 7) is 4.08. The van der Waals surface area contributed by atoms with Crippen molar-refractivity contribution in [2.45, 2.75) is 6.92 Å². The summed E-state index contributed by atoms with van der Waals surface area (Å²) >= 11 is 0. The lowest BCUT2D eigenvalue weighted by atomic mass is 10.2. The Bertz CT molecular complexity index is 316. The maximum Gasteiger partial charge on any atom is 0.271 e. The molecule has 4 N–H and O–H groups in total. The van der Waals surface area contributed by atoms with E-state index in [1.165, 1.54) is 5.56 Å². The molecule has 0 saturated carbocycles. The largest absolute Gasteiger partial charge is 0.307 e. The number of nitrogens with two attached hydrogens (primary N) is 2. The molecule has 0 amide bonds. The number of hydrogen-bond acceptors (Lipinski definition) is 3. The summed E-state index contributed by atoms with van der Waals surface area (Å²) in [5.74, 6) is 0. The Labute approximate surface area is 83.9 Å². The number of rotatable bonds is 0. The summed E-state index contributed by atoms with van der Waals surface area (Å²) in [5, 5.41) is 8.21. The highest BCUT2D eigenvalue weighted by Crippen LogP contribution is 1.92. The lowest BCUT2D eigenvalue weighted by Gasteiger charge is -1.82. The molecule has 0 aromatic heterocycles. The Morgan fingerprint density at radius 2 is 1.36 bits per heavy atom. The van der Waals surface area contributed by atoms with Crippen molar-refractivity contribution in [3.63, 3.8) is 0 Å². The molecule has 1 rings (SSSR count). The molecule has 0 aliphatic carbocycles. The van der Waals surface area contributed by atoms with Crippen LogP contribution in [-0.2, 0) is 15.0 Å². The fraction of sp³-hybridized carbons (Fsp3) is 0.125. The van der Waals surface area contributed by atoms with E-state index in [1.54, 1.807) is 0 Å². The van der Waals surface area contributed by atoms with E-state index in [-0.39, 0.29) is 0 Å². The Morgan fingerprint density at radius 3 is 1.50 bits per heavy atom. The summed E-state index contributed by atoms with van der Waals surface area (Å²) in [7, 11) is -3.67. The van der Waals surface area contributed by atoms with Crippen LogP contribution in [0.1, 0.15) is 5.56 Å². The first-order chi connectivity index (χ1) is 6.39. The van der Waals surface area contributed by atoms with Crippen LogP contribution >= 0.6 is 0 Å². The van der Waals surface area contributed by atoms with E-state index in [0.717, 1.165) is 0 Å². The second-order valence-electron chi connectivity index (χ2n) is 2.24. The molecular weight excluding hydrogens is 204 g/mol. The summed E-state index contributed by atoms with van der Waals surface area (Å²) in [5.41, 5.74) is 1.32. The SMILES string of the molecule is C=O.Cc1ccccc1.NS(N)(=O)=O. The highest BCUT2D eigenvalue weighted by atomic mass is 32.2. The Hall–Kier alpha value is -1.24. The molecule has 0 atom stereocenters. The van der Waals surface area contributed by atoms with E-state index in [9.17, 15) is 8.42 Å².